The standard InChI is InChI=1S/C51H30N4OS/c1-3-12-31(13-4-1)49-52-50(54-51(53-49)41-19-11-18-40-36-16-7-9-20-43(36)55(48(40)41)35-14-5-2-6-15-35)34-23-25-37-42-28-32(24-27-44(42)56-45(37)29-34)33-22-26-39-38-17-8-10-21-46(38)57-47(39)30-33/h1-30H. The lowest BCUT2D eigenvalue weighted by Crippen LogP contribution is -2.02. The lowest BCUT2D eigenvalue weighted by Gasteiger charge is -2.12. The fraction of sp³-hybridized carbons (Fsp3) is 0. The van der Waals surface area contributed by atoms with Crippen molar-refractivity contribution < 1.29 is 4.42 Å². The summed E-state index contributed by atoms with van der Waals surface area (Å²) in [6.07, 6.45) is 0. The summed E-state index contributed by atoms with van der Waals surface area (Å²) < 4.78 is 11.5. The third-order valence-electron chi connectivity index (χ3n) is 11.1. The number of aromatic nitrogens is 4. The molecule has 0 spiro atoms. The number of furan rings is 1. The zero-order valence-corrected chi connectivity index (χ0v) is 31.2. The zero-order chi connectivity index (χ0) is 37.5. The first-order valence-electron chi connectivity index (χ1n) is 19.0. The summed E-state index contributed by atoms with van der Waals surface area (Å²) in [6, 6.07) is 63.8. The molecule has 8 aromatic carbocycles. The average molecular weight is 747 g/mol. The van der Waals surface area contributed by atoms with Crippen molar-refractivity contribution in [1.29, 1.82) is 0 Å². The van der Waals surface area contributed by atoms with Gasteiger partial charge in [-0.05, 0) is 71.8 Å². The monoisotopic (exact) mass is 746 g/mol. The van der Waals surface area contributed by atoms with Gasteiger partial charge in [0.15, 0.2) is 17.5 Å². The summed E-state index contributed by atoms with van der Waals surface area (Å²) in [5.41, 5.74) is 9.94. The lowest BCUT2D eigenvalue weighted by molar-refractivity contribution is 0.669. The molecule has 4 aromatic heterocycles. The van der Waals surface area contributed by atoms with E-state index in [9.17, 15) is 0 Å². The Morgan fingerprint density at radius 1 is 0.386 bits per heavy atom. The first kappa shape index (κ1) is 31.9. The second kappa shape index (κ2) is 12.6. The zero-order valence-electron chi connectivity index (χ0n) is 30.4. The maximum absolute atomic E-state index is 6.53. The van der Waals surface area contributed by atoms with E-state index in [0.29, 0.717) is 17.5 Å². The molecule has 0 unspecified atom stereocenters. The van der Waals surface area contributed by atoms with E-state index < -0.39 is 0 Å². The van der Waals surface area contributed by atoms with Crippen molar-refractivity contribution in [3.8, 4) is 51.0 Å². The molecule has 0 saturated carbocycles. The average Bonchev–Trinajstić information content (AvgIpc) is 3.95. The number of nitrogens with zero attached hydrogens (tertiary/aromatic N) is 4. The van der Waals surface area contributed by atoms with Crippen LogP contribution in [0.15, 0.2) is 186 Å². The van der Waals surface area contributed by atoms with Crippen molar-refractivity contribution in [2.45, 2.75) is 0 Å². The van der Waals surface area contributed by atoms with Gasteiger partial charge in [-0.2, -0.15) is 0 Å². The van der Waals surface area contributed by atoms with Gasteiger partial charge >= 0.3 is 0 Å². The summed E-state index contributed by atoms with van der Waals surface area (Å²) >= 11 is 1.84. The Morgan fingerprint density at radius 2 is 1.04 bits per heavy atom. The number of rotatable bonds is 5. The molecule has 0 fully saturated rings. The van der Waals surface area contributed by atoms with Crippen LogP contribution in [0, 0.1) is 0 Å². The van der Waals surface area contributed by atoms with E-state index in [-0.39, 0.29) is 0 Å². The van der Waals surface area contributed by atoms with E-state index in [1.165, 1.54) is 31.1 Å². The number of para-hydroxylation sites is 3. The number of fused-ring (bicyclic) bond motifs is 9. The topological polar surface area (TPSA) is 56.7 Å². The summed E-state index contributed by atoms with van der Waals surface area (Å²) in [5.74, 6) is 1.80. The van der Waals surface area contributed by atoms with Crippen LogP contribution in [0.4, 0.5) is 0 Å². The van der Waals surface area contributed by atoms with E-state index >= 15 is 0 Å². The summed E-state index contributed by atoms with van der Waals surface area (Å²) in [5, 5.41) is 7.05. The van der Waals surface area contributed by atoms with Crippen molar-refractivity contribution in [3.63, 3.8) is 0 Å². The van der Waals surface area contributed by atoms with E-state index in [1.807, 2.05) is 47.7 Å². The van der Waals surface area contributed by atoms with Gasteiger partial charge in [-0.15, -0.1) is 11.3 Å². The molecule has 6 heteroatoms. The molecular formula is C51H30N4OS. The minimum absolute atomic E-state index is 0.581. The van der Waals surface area contributed by atoms with Gasteiger partial charge in [0.1, 0.15) is 11.2 Å². The predicted molar refractivity (Wildman–Crippen MR) is 236 cm³/mol. The fourth-order valence-electron chi connectivity index (χ4n) is 8.39. The smallest absolute Gasteiger partial charge is 0.166 e. The molecule has 0 N–H and O–H groups in total. The van der Waals surface area contributed by atoms with Crippen LogP contribution in [0.5, 0.6) is 0 Å². The SMILES string of the molecule is c1ccc(-c2nc(-c3ccc4c(c3)oc3ccc(-c5ccc6c(c5)sc5ccccc56)cc34)nc(-c3cccc4c5ccccc5n(-c5ccccc5)c34)n2)cc1. The number of benzene rings is 8. The highest BCUT2D eigenvalue weighted by Gasteiger charge is 2.20. The Labute approximate surface area is 330 Å². The molecule has 266 valence electrons. The van der Waals surface area contributed by atoms with Gasteiger partial charge in [-0.1, -0.05) is 121 Å². The molecule has 5 nitrogen and oxygen atoms in total. The predicted octanol–water partition coefficient (Wildman–Crippen LogP) is 13.9. The Balaban J connectivity index is 1.02. The minimum atomic E-state index is 0.581. The molecule has 0 amide bonds. The molecule has 0 aliphatic carbocycles. The Bertz CT molecular complexity index is 3530. The Hall–Kier alpha value is -7.41. The molecule has 0 saturated heterocycles. The van der Waals surface area contributed by atoms with Crippen molar-refractivity contribution in [2.75, 3.05) is 0 Å². The van der Waals surface area contributed by atoms with Gasteiger partial charge in [0.25, 0.3) is 0 Å². The van der Waals surface area contributed by atoms with E-state index in [2.05, 4.69) is 150 Å². The number of hydrogen-bond acceptors (Lipinski definition) is 5. The lowest BCUT2D eigenvalue weighted by atomic mass is 10.0. The van der Waals surface area contributed by atoms with Crippen LogP contribution < -0.4 is 0 Å². The largest absolute Gasteiger partial charge is 0.456 e. The Kier molecular flexibility index (Phi) is 7.03. The molecule has 0 atom stereocenters. The van der Waals surface area contributed by atoms with E-state index in [4.69, 9.17) is 19.4 Å². The van der Waals surface area contributed by atoms with Crippen molar-refractivity contribution in [2.24, 2.45) is 0 Å². The molecule has 0 aliphatic heterocycles. The number of hydrogen-bond donors (Lipinski definition) is 0. The van der Waals surface area contributed by atoms with Crippen LogP contribution in [-0.4, -0.2) is 19.5 Å². The summed E-state index contributed by atoms with van der Waals surface area (Å²) in [4.78, 5) is 15.5. The van der Waals surface area contributed by atoms with Gasteiger partial charge in [-0.25, -0.2) is 15.0 Å². The highest BCUT2D eigenvalue weighted by atomic mass is 32.1. The number of thiophene rings is 1. The maximum atomic E-state index is 6.53. The molecule has 0 bridgehead atoms. The van der Waals surface area contributed by atoms with Crippen molar-refractivity contribution >= 4 is 75.3 Å². The molecule has 0 radical (unpaired) electrons. The highest BCUT2D eigenvalue weighted by molar-refractivity contribution is 7.25. The summed E-state index contributed by atoms with van der Waals surface area (Å²) in [6.45, 7) is 0. The quantitative estimate of drug-likeness (QED) is 0.176. The fourth-order valence-corrected chi connectivity index (χ4v) is 9.53. The molecule has 57 heavy (non-hydrogen) atoms. The first-order valence-corrected chi connectivity index (χ1v) is 19.8. The third kappa shape index (κ3) is 5.12. The second-order valence-corrected chi connectivity index (χ2v) is 15.5. The molecule has 4 heterocycles. The van der Waals surface area contributed by atoms with Crippen LogP contribution in [0.1, 0.15) is 0 Å². The third-order valence-corrected chi connectivity index (χ3v) is 12.2. The van der Waals surface area contributed by atoms with Crippen LogP contribution in [0.3, 0.4) is 0 Å². The Morgan fingerprint density at radius 3 is 1.91 bits per heavy atom. The van der Waals surface area contributed by atoms with Crippen molar-refractivity contribution in [3.05, 3.63) is 182 Å². The van der Waals surface area contributed by atoms with Crippen LogP contribution >= 0.6 is 11.3 Å². The highest BCUT2D eigenvalue weighted by Crippen LogP contribution is 2.40. The second-order valence-electron chi connectivity index (χ2n) is 14.4. The molecule has 12 aromatic rings. The maximum Gasteiger partial charge on any atom is 0.166 e. The van der Waals surface area contributed by atoms with Gasteiger partial charge in [0.2, 0.25) is 0 Å². The van der Waals surface area contributed by atoms with Crippen LogP contribution in [0.25, 0.3) is 115 Å². The van der Waals surface area contributed by atoms with Crippen molar-refractivity contribution in [1.82, 2.24) is 19.5 Å². The minimum Gasteiger partial charge on any atom is -0.456 e. The van der Waals surface area contributed by atoms with E-state index in [1.54, 1.807) is 0 Å². The van der Waals surface area contributed by atoms with Crippen LogP contribution in [-0.2, 0) is 0 Å². The molecular weight excluding hydrogens is 717 g/mol. The van der Waals surface area contributed by atoms with Gasteiger partial charge in [-0.3, -0.25) is 0 Å². The first-order chi connectivity index (χ1) is 28.2. The normalized spacial score (nSPS) is 11.9. The van der Waals surface area contributed by atoms with Gasteiger partial charge in [0.05, 0.1) is 11.0 Å². The van der Waals surface area contributed by atoms with Gasteiger partial charge in [0, 0.05) is 64.1 Å². The molecule has 12 rings (SSSR count). The van der Waals surface area contributed by atoms with Crippen LogP contribution in [0.2, 0.25) is 0 Å². The molecule has 0 aliphatic rings. The van der Waals surface area contributed by atoms with Gasteiger partial charge < -0.3 is 8.98 Å². The van der Waals surface area contributed by atoms with E-state index in [0.717, 1.165) is 66.3 Å². The summed E-state index contributed by atoms with van der Waals surface area (Å²) in [7, 11) is 0.